The first-order valence-electron chi connectivity index (χ1n) is 4.12. The van der Waals surface area contributed by atoms with Crippen LogP contribution in [0.1, 0.15) is 20.3 Å². The Morgan fingerprint density at radius 1 is 1.54 bits per heavy atom. The van der Waals surface area contributed by atoms with Gasteiger partial charge in [0.2, 0.25) is 0 Å². The maximum absolute atomic E-state index is 11.3. The largest absolute Gasteiger partial charge is 0.462 e. The van der Waals surface area contributed by atoms with Crippen molar-refractivity contribution in [2.45, 2.75) is 20.3 Å². The van der Waals surface area contributed by atoms with Crippen molar-refractivity contribution >= 4 is 28.6 Å². The van der Waals surface area contributed by atoms with Gasteiger partial charge >= 0.3 is 5.97 Å². The lowest BCUT2D eigenvalue weighted by molar-refractivity contribution is -0.138. The van der Waals surface area contributed by atoms with Crippen LogP contribution in [0.25, 0.3) is 0 Å². The molecule has 0 spiro atoms. The van der Waals surface area contributed by atoms with Crippen LogP contribution in [0, 0.1) is 0 Å². The molecule has 74 valence electrons. The van der Waals surface area contributed by atoms with Crippen molar-refractivity contribution in [2.75, 3.05) is 6.61 Å². The Kier molecular flexibility index (Phi) is 6.66. The molecule has 3 nitrogen and oxygen atoms in total. The summed E-state index contributed by atoms with van der Waals surface area (Å²) in [7, 11) is 0. The molecule has 0 aromatic rings. The average molecular weight is 295 g/mol. The smallest absolute Gasteiger partial charge is 0.340 e. The fourth-order valence-electron chi connectivity index (χ4n) is 0.743. The number of carbonyl (C=O) groups is 1. The minimum absolute atomic E-state index is 0.362. The van der Waals surface area contributed by atoms with Crippen LogP contribution in [0.5, 0.6) is 0 Å². The van der Waals surface area contributed by atoms with Crippen LogP contribution in [-0.4, -0.2) is 12.6 Å². The molecule has 2 N–H and O–H groups in total. The van der Waals surface area contributed by atoms with Crippen molar-refractivity contribution in [1.29, 1.82) is 0 Å². The molecule has 0 saturated heterocycles. The van der Waals surface area contributed by atoms with Gasteiger partial charge in [0.25, 0.3) is 0 Å². The van der Waals surface area contributed by atoms with E-state index in [1.54, 1.807) is 6.92 Å². The molecule has 0 amide bonds. The highest BCUT2D eigenvalue weighted by Gasteiger charge is 2.12. The number of carbonyl (C=O) groups excluding carboxylic acids is 1. The van der Waals surface area contributed by atoms with E-state index in [-0.39, 0.29) is 5.97 Å². The maximum atomic E-state index is 11.3. The quantitative estimate of drug-likeness (QED) is 0.374. The summed E-state index contributed by atoms with van der Waals surface area (Å²) in [6.07, 6.45) is 4.08. The minimum atomic E-state index is -0.362. The monoisotopic (exact) mass is 295 g/mol. The molecule has 0 saturated carbocycles. The van der Waals surface area contributed by atoms with Crippen molar-refractivity contribution in [3.05, 3.63) is 21.4 Å². The zero-order chi connectivity index (χ0) is 10.3. The average Bonchev–Trinajstić information content (AvgIpc) is 2.06. The third kappa shape index (κ3) is 4.31. The zero-order valence-corrected chi connectivity index (χ0v) is 10.00. The van der Waals surface area contributed by atoms with Crippen LogP contribution in [0.3, 0.4) is 0 Å². The first-order chi connectivity index (χ1) is 6.17. The normalized spacial score (nSPS) is 12.8. The fourth-order valence-corrected chi connectivity index (χ4v) is 1.58. The third-order valence-corrected chi connectivity index (χ3v) is 2.32. The van der Waals surface area contributed by atoms with Crippen LogP contribution in [0.4, 0.5) is 0 Å². The summed E-state index contributed by atoms with van der Waals surface area (Å²) in [4.78, 5) is 11.3. The van der Waals surface area contributed by atoms with E-state index in [1.807, 2.05) is 13.0 Å². The van der Waals surface area contributed by atoms with E-state index in [9.17, 15) is 4.79 Å². The van der Waals surface area contributed by atoms with E-state index < -0.39 is 0 Å². The molecule has 0 heterocycles. The number of nitrogens with two attached hydrogens (primary N) is 1. The minimum Gasteiger partial charge on any atom is -0.462 e. The summed E-state index contributed by atoms with van der Waals surface area (Å²) in [5, 5.41) is 0. The highest BCUT2D eigenvalue weighted by Crippen LogP contribution is 2.18. The second kappa shape index (κ2) is 6.94. The molecular formula is C9H14INO2. The molecule has 0 fully saturated rings. The fraction of sp³-hybridized carbons (Fsp3) is 0.444. The number of rotatable bonds is 4. The number of esters is 1. The molecular weight excluding hydrogens is 281 g/mol. The van der Waals surface area contributed by atoms with E-state index in [1.165, 1.54) is 6.20 Å². The van der Waals surface area contributed by atoms with E-state index in [4.69, 9.17) is 10.5 Å². The summed E-state index contributed by atoms with van der Waals surface area (Å²) in [5.41, 5.74) is 5.76. The molecule has 13 heavy (non-hydrogen) atoms. The Morgan fingerprint density at radius 3 is 2.54 bits per heavy atom. The van der Waals surface area contributed by atoms with Crippen molar-refractivity contribution in [3.8, 4) is 0 Å². The predicted molar refractivity (Wildman–Crippen MR) is 61.3 cm³/mol. The van der Waals surface area contributed by atoms with Crippen molar-refractivity contribution in [3.63, 3.8) is 0 Å². The van der Waals surface area contributed by atoms with Crippen LogP contribution in [-0.2, 0) is 9.53 Å². The predicted octanol–water partition coefficient (Wildman–Crippen LogP) is 2.12. The lowest BCUT2D eigenvalue weighted by atomic mass is 10.2. The van der Waals surface area contributed by atoms with Crippen LogP contribution >= 0.6 is 22.6 Å². The van der Waals surface area contributed by atoms with Gasteiger partial charge in [-0.3, -0.25) is 0 Å². The topological polar surface area (TPSA) is 52.3 Å². The molecule has 0 bridgehead atoms. The van der Waals surface area contributed by atoms with Gasteiger partial charge in [-0.25, -0.2) is 4.79 Å². The Labute approximate surface area is 92.2 Å². The van der Waals surface area contributed by atoms with Gasteiger partial charge < -0.3 is 10.5 Å². The number of ether oxygens (including phenoxy) is 1. The zero-order valence-electron chi connectivity index (χ0n) is 7.84. The molecule has 0 aliphatic heterocycles. The van der Waals surface area contributed by atoms with Gasteiger partial charge in [0.15, 0.2) is 0 Å². The van der Waals surface area contributed by atoms with Crippen LogP contribution in [0.2, 0.25) is 0 Å². The second-order valence-corrected chi connectivity index (χ2v) is 3.42. The molecule has 0 unspecified atom stereocenters. The van der Waals surface area contributed by atoms with Gasteiger partial charge in [-0.05, 0) is 35.9 Å². The summed E-state index contributed by atoms with van der Waals surface area (Å²) in [5.74, 6) is -0.362. The van der Waals surface area contributed by atoms with E-state index in [0.29, 0.717) is 12.2 Å². The Bertz CT molecular complexity index is 234. The number of hydrogen-bond donors (Lipinski definition) is 1. The van der Waals surface area contributed by atoms with Gasteiger partial charge in [-0.2, -0.15) is 0 Å². The molecule has 0 aromatic carbocycles. The lowest BCUT2D eigenvalue weighted by Gasteiger charge is -2.04. The van der Waals surface area contributed by atoms with Crippen LogP contribution < -0.4 is 5.73 Å². The van der Waals surface area contributed by atoms with Gasteiger partial charge in [0, 0.05) is 9.78 Å². The van der Waals surface area contributed by atoms with Crippen molar-refractivity contribution in [1.82, 2.24) is 0 Å². The standard InChI is InChI=1S/C9H14INO2/c1-3-5-8(10)7(6-11)9(12)13-4-2/h5-6H,3-4,11H2,1-2H3/b7-6+,8-5-. The summed E-state index contributed by atoms with van der Waals surface area (Å²) < 4.78 is 5.66. The second-order valence-electron chi connectivity index (χ2n) is 2.26. The highest BCUT2D eigenvalue weighted by atomic mass is 127. The van der Waals surface area contributed by atoms with Gasteiger partial charge in [0.05, 0.1) is 12.2 Å². The molecule has 4 heteroatoms. The number of allylic oxidation sites excluding steroid dienone is 1. The Hall–Kier alpha value is -0.520. The first-order valence-corrected chi connectivity index (χ1v) is 5.20. The van der Waals surface area contributed by atoms with Crippen molar-refractivity contribution < 1.29 is 9.53 Å². The molecule has 0 aliphatic carbocycles. The Morgan fingerprint density at radius 2 is 2.15 bits per heavy atom. The van der Waals surface area contributed by atoms with E-state index >= 15 is 0 Å². The molecule has 0 aromatic heterocycles. The molecule has 0 aliphatic rings. The SMILES string of the molecule is CC/C=C(I)/C(=C\N)C(=O)OCC. The summed E-state index contributed by atoms with van der Waals surface area (Å²) in [6, 6.07) is 0. The maximum Gasteiger partial charge on any atom is 0.340 e. The van der Waals surface area contributed by atoms with Gasteiger partial charge in [0.1, 0.15) is 0 Å². The number of halogens is 1. The van der Waals surface area contributed by atoms with Crippen molar-refractivity contribution in [2.24, 2.45) is 5.73 Å². The summed E-state index contributed by atoms with van der Waals surface area (Å²) >= 11 is 2.07. The highest BCUT2D eigenvalue weighted by molar-refractivity contribution is 14.1. The van der Waals surface area contributed by atoms with E-state index in [0.717, 1.165) is 10.0 Å². The molecule has 0 atom stereocenters. The van der Waals surface area contributed by atoms with Gasteiger partial charge in [-0.15, -0.1) is 0 Å². The third-order valence-electron chi connectivity index (χ3n) is 1.30. The lowest BCUT2D eigenvalue weighted by Crippen LogP contribution is -2.09. The summed E-state index contributed by atoms with van der Waals surface area (Å²) in [6.45, 7) is 4.13. The molecule has 0 rings (SSSR count). The first kappa shape index (κ1) is 12.5. The molecule has 0 radical (unpaired) electrons. The van der Waals surface area contributed by atoms with Gasteiger partial charge in [-0.1, -0.05) is 13.0 Å². The number of hydrogen-bond acceptors (Lipinski definition) is 3. The van der Waals surface area contributed by atoms with Crippen LogP contribution in [0.15, 0.2) is 21.4 Å². The van der Waals surface area contributed by atoms with E-state index in [2.05, 4.69) is 22.6 Å². The Balaban J connectivity index is 4.53.